The van der Waals surface area contributed by atoms with E-state index in [2.05, 4.69) is 15.2 Å². The van der Waals surface area contributed by atoms with E-state index in [0.29, 0.717) is 34.4 Å². The normalized spacial score (nSPS) is 11.0. The first kappa shape index (κ1) is 25.2. The van der Waals surface area contributed by atoms with Crippen LogP contribution in [0.15, 0.2) is 71.8 Å². The number of amides is 2. The molecule has 180 valence electrons. The molecular weight excluding hydrogens is 501 g/mol. The molecule has 0 unspecified atom stereocenters. The largest absolute Gasteiger partial charge is 0.350 e. The molecule has 4 aromatic rings. The van der Waals surface area contributed by atoms with E-state index in [1.54, 1.807) is 18.2 Å². The van der Waals surface area contributed by atoms with Crippen molar-refractivity contribution in [1.29, 1.82) is 0 Å². The third-order valence-corrected chi connectivity index (χ3v) is 7.22. The third-order valence-electron chi connectivity index (χ3n) is 5.44. The van der Waals surface area contributed by atoms with Gasteiger partial charge in [0.25, 0.3) is 5.91 Å². The molecule has 1 aromatic heterocycles. The van der Waals surface area contributed by atoms with Crippen LogP contribution in [0.4, 0.5) is 5.69 Å². The number of halogens is 2. The first-order valence-corrected chi connectivity index (χ1v) is 12.9. The number of para-hydroxylation sites is 1. The van der Waals surface area contributed by atoms with Crippen molar-refractivity contribution < 1.29 is 9.59 Å². The van der Waals surface area contributed by atoms with Gasteiger partial charge in [0.05, 0.1) is 15.8 Å². The maximum absolute atomic E-state index is 12.6. The zero-order valence-electron chi connectivity index (χ0n) is 19.4. The maximum atomic E-state index is 12.6. The summed E-state index contributed by atoms with van der Waals surface area (Å²) in [6.45, 7) is 5.08. The number of benzene rings is 3. The number of aromatic nitrogens is 1. The Bertz CT molecular complexity index is 1380. The van der Waals surface area contributed by atoms with Gasteiger partial charge in [-0.1, -0.05) is 58.6 Å². The highest BCUT2D eigenvalue weighted by Gasteiger charge is 2.12. The van der Waals surface area contributed by atoms with Crippen LogP contribution >= 0.6 is 35.0 Å². The van der Waals surface area contributed by atoms with Gasteiger partial charge in [0.2, 0.25) is 5.91 Å². The van der Waals surface area contributed by atoms with Crippen molar-refractivity contribution in [3.8, 4) is 0 Å². The topological polar surface area (TPSA) is 63.1 Å². The Kier molecular flexibility index (Phi) is 8.06. The van der Waals surface area contributed by atoms with Crippen LogP contribution in [0.3, 0.4) is 0 Å². The Morgan fingerprint density at radius 3 is 2.43 bits per heavy atom. The van der Waals surface area contributed by atoms with Crippen molar-refractivity contribution >= 4 is 63.4 Å². The molecule has 35 heavy (non-hydrogen) atoms. The standard InChI is InChI=1S/C27H25Cl2N3O2S/c1-17-11-18(2)13-19(12-17)27(34)30-9-10-32-15-25(21-5-3-4-6-24(21)32)35-16-26(33)31-20-7-8-22(28)23(29)14-20/h3-8,11-15H,9-10,16H2,1-2H3,(H,30,34)(H,31,33). The molecule has 8 heteroatoms. The molecule has 0 saturated carbocycles. The molecular formula is C27H25Cl2N3O2S. The number of carbonyl (C=O) groups excluding carboxylic acids is 2. The number of aryl methyl sites for hydroxylation is 2. The number of nitrogens with one attached hydrogen (secondary N) is 2. The molecule has 0 bridgehead atoms. The molecule has 0 saturated heterocycles. The van der Waals surface area contributed by atoms with Gasteiger partial charge in [-0.2, -0.15) is 0 Å². The number of fused-ring (bicyclic) bond motifs is 1. The maximum Gasteiger partial charge on any atom is 0.251 e. The highest BCUT2D eigenvalue weighted by molar-refractivity contribution is 8.00. The van der Waals surface area contributed by atoms with Gasteiger partial charge in [0, 0.05) is 46.3 Å². The van der Waals surface area contributed by atoms with Crippen molar-refractivity contribution in [2.75, 3.05) is 17.6 Å². The Hall–Kier alpha value is -2.93. The number of hydrogen-bond donors (Lipinski definition) is 2. The molecule has 0 aliphatic carbocycles. The van der Waals surface area contributed by atoms with Gasteiger partial charge in [-0.3, -0.25) is 9.59 Å². The minimum Gasteiger partial charge on any atom is -0.350 e. The molecule has 4 rings (SSSR count). The predicted molar refractivity (Wildman–Crippen MR) is 146 cm³/mol. The molecule has 0 radical (unpaired) electrons. The summed E-state index contributed by atoms with van der Waals surface area (Å²) in [5.41, 5.74) is 4.46. The van der Waals surface area contributed by atoms with Crippen molar-refractivity contribution in [3.63, 3.8) is 0 Å². The lowest BCUT2D eigenvalue weighted by molar-refractivity contribution is -0.113. The highest BCUT2D eigenvalue weighted by Crippen LogP contribution is 2.30. The van der Waals surface area contributed by atoms with E-state index < -0.39 is 0 Å². The Labute approximate surface area is 218 Å². The summed E-state index contributed by atoms with van der Waals surface area (Å²) in [6.07, 6.45) is 2.03. The molecule has 2 N–H and O–H groups in total. The Morgan fingerprint density at radius 2 is 1.69 bits per heavy atom. The zero-order chi connectivity index (χ0) is 24.9. The van der Waals surface area contributed by atoms with Gasteiger partial charge in [-0.05, 0) is 50.2 Å². The summed E-state index contributed by atoms with van der Waals surface area (Å²) >= 11 is 13.4. The second-order valence-electron chi connectivity index (χ2n) is 8.30. The second-order valence-corrected chi connectivity index (χ2v) is 10.1. The number of hydrogen-bond acceptors (Lipinski definition) is 3. The van der Waals surface area contributed by atoms with E-state index in [1.807, 2.05) is 62.5 Å². The molecule has 0 atom stereocenters. The molecule has 1 heterocycles. The average molecular weight is 526 g/mol. The summed E-state index contributed by atoms with van der Waals surface area (Å²) in [4.78, 5) is 26.1. The minimum absolute atomic E-state index is 0.0816. The molecule has 5 nitrogen and oxygen atoms in total. The number of anilines is 1. The Balaban J connectivity index is 1.39. The monoisotopic (exact) mass is 525 g/mol. The van der Waals surface area contributed by atoms with E-state index in [4.69, 9.17) is 23.2 Å². The van der Waals surface area contributed by atoms with Crippen LogP contribution in [0.2, 0.25) is 10.0 Å². The first-order valence-electron chi connectivity index (χ1n) is 11.1. The first-order chi connectivity index (χ1) is 16.8. The number of carbonyl (C=O) groups is 2. The van der Waals surface area contributed by atoms with Crippen molar-refractivity contribution in [2.45, 2.75) is 25.3 Å². The van der Waals surface area contributed by atoms with Crippen LogP contribution in [0.5, 0.6) is 0 Å². The van der Waals surface area contributed by atoms with E-state index in [9.17, 15) is 9.59 Å². The molecule has 2 amide bonds. The Morgan fingerprint density at radius 1 is 0.943 bits per heavy atom. The predicted octanol–water partition coefficient (Wildman–Crippen LogP) is 6.73. The van der Waals surface area contributed by atoms with Crippen LogP contribution in [0.1, 0.15) is 21.5 Å². The van der Waals surface area contributed by atoms with Gasteiger partial charge in [-0.25, -0.2) is 0 Å². The van der Waals surface area contributed by atoms with Gasteiger partial charge < -0.3 is 15.2 Å². The minimum atomic E-state index is -0.133. The summed E-state index contributed by atoms with van der Waals surface area (Å²) in [5.74, 6) is 0.0327. The van der Waals surface area contributed by atoms with Crippen LogP contribution in [-0.2, 0) is 11.3 Å². The van der Waals surface area contributed by atoms with Crippen LogP contribution < -0.4 is 10.6 Å². The van der Waals surface area contributed by atoms with E-state index in [-0.39, 0.29) is 17.6 Å². The third kappa shape index (κ3) is 6.40. The number of thioether (sulfide) groups is 1. The van der Waals surface area contributed by atoms with Crippen LogP contribution in [0.25, 0.3) is 10.9 Å². The molecule has 0 aliphatic rings. The lowest BCUT2D eigenvalue weighted by Crippen LogP contribution is -2.27. The smallest absolute Gasteiger partial charge is 0.251 e. The fourth-order valence-corrected chi connectivity index (χ4v) is 5.11. The summed E-state index contributed by atoms with van der Waals surface area (Å²) in [7, 11) is 0. The van der Waals surface area contributed by atoms with E-state index >= 15 is 0 Å². The number of rotatable bonds is 8. The zero-order valence-corrected chi connectivity index (χ0v) is 21.7. The fourth-order valence-electron chi connectivity index (χ4n) is 3.93. The summed E-state index contributed by atoms with van der Waals surface area (Å²) in [5, 5.41) is 7.76. The van der Waals surface area contributed by atoms with Gasteiger partial charge in [0.1, 0.15) is 0 Å². The molecule has 0 fully saturated rings. The average Bonchev–Trinajstić information content (AvgIpc) is 3.17. The summed E-state index contributed by atoms with van der Waals surface area (Å²) < 4.78 is 2.11. The fraction of sp³-hybridized carbons (Fsp3) is 0.185. The second kappa shape index (κ2) is 11.2. The lowest BCUT2D eigenvalue weighted by atomic mass is 10.1. The molecule has 0 aliphatic heterocycles. The number of nitrogens with zero attached hydrogens (tertiary/aromatic N) is 1. The van der Waals surface area contributed by atoms with Crippen LogP contribution in [0, 0.1) is 13.8 Å². The van der Waals surface area contributed by atoms with Crippen molar-refractivity contribution in [2.24, 2.45) is 0 Å². The van der Waals surface area contributed by atoms with Crippen LogP contribution in [-0.4, -0.2) is 28.7 Å². The van der Waals surface area contributed by atoms with Crippen molar-refractivity contribution in [1.82, 2.24) is 9.88 Å². The SMILES string of the molecule is Cc1cc(C)cc(C(=O)NCCn2cc(SCC(=O)Nc3ccc(Cl)c(Cl)c3)c3ccccc32)c1. The van der Waals surface area contributed by atoms with E-state index in [1.165, 1.54) is 11.8 Å². The quantitative estimate of drug-likeness (QED) is 0.251. The summed E-state index contributed by atoms with van der Waals surface area (Å²) in [6, 6.07) is 18.9. The lowest BCUT2D eigenvalue weighted by Gasteiger charge is -2.09. The molecule has 3 aromatic carbocycles. The van der Waals surface area contributed by atoms with Gasteiger partial charge >= 0.3 is 0 Å². The van der Waals surface area contributed by atoms with Gasteiger partial charge in [0.15, 0.2) is 0 Å². The highest BCUT2D eigenvalue weighted by atomic mass is 35.5. The van der Waals surface area contributed by atoms with E-state index in [0.717, 1.165) is 26.9 Å². The van der Waals surface area contributed by atoms with Crippen molar-refractivity contribution in [3.05, 3.63) is 93.6 Å². The van der Waals surface area contributed by atoms with Gasteiger partial charge in [-0.15, -0.1) is 11.8 Å². The molecule has 0 spiro atoms.